The zero-order chi connectivity index (χ0) is 11.6. The number of unbranched alkanes of at least 4 members (excludes halogenated alkanes) is 1. The smallest absolute Gasteiger partial charge is 0.0977 e. The molecule has 1 aromatic rings. The van der Waals surface area contributed by atoms with Crippen LogP contribution in [0, 0.1) is 0 Å². The summed E-state index contributed by atoms with van der Waals surface area (Å²) in [5.41, 5.74) is 2.93. The van der Waals surface area contributed by atoms with Crippen molar-refractivity contribution < 1.29 is 4.74 Å². The molecule has 88 valence electrons. The molecule has 16 heavy (non-hydrogen) atoms. The molecule has 0 aliphatic heterocycles. The second kappa shape index (κ2) is 4.58. The maximum atomic E-state index is 6.20. The van der Waals surface area contributed by atoms with Crippen LogP contribution < -0.4 is 0 Å². The lowest BCUT2D eigenvalue weighted by atomic mass is 9.70. The molecule has 1 heteroatoms. The van der Waals surface area contributed by atoms with Gasteiger partial charge in [-0.2, -0.15) is 0 Å². The lowest BCUT2D eigenvalue weighted by Crippen LogP contribution is -2.43. The summed E-state index contributed by atoms with van der Waals surface area (Å²) in [6.45, 7) is 6.51. The van der Waals surface area contributed by atoms with Crippen LogP contribution in [-0.4, -0.2) is 6.10 Å². The van der Waals surface area contributed by atoms with Gasteiger partial charge in [-0.05, 0) is 31.4 Å². The minimum Gasteiger partial charge on any atom is -0.367 e. The largest absolute Gasteiger partial charge is 0.367 e. The van der Waals surface area contributed by atoms with Gasteiger partial charge in [0.15, 0.2) is 0 Å². The van der Waals surface area contributed by atoms with Gasteiger partial charge in [-0.1, -0.05) is 44.0 Å². The molecule has 1 atom stereocenters. The first-order valence-electron chi connectivity index (χ1n) is 6.44. The van der Waals surface area contributed by atoms with Crippen LogP contribution in [0.4, 0.5) is 0 Å². The summed E-state index contributed by atoms with van der Waals surface area (Å²) in [5, 5.41) is 0. The van der Waals surface area contributed by atoms with E-state index in [1.54, 1.807) is 0 Å². The van der Waals surface area contributed by atoms with Gasteiger partial charge in [0.2, 0.25) is 0 Å². The molecular weight excluding hydrogens is 196 g/mol. The number of ether oxygens (including phenoxy) is 1. The van der Waals surface area contributed by atoms with Crippen LogP contribution in [0.15, 0.2) is 24.3 Å². The molecule has 1 aromatic carbocycles. The van der Waals surface area contributed by atoms with E-state index >= 15 is 0 Å². The van der Waals surface area contributed by atoms with E-state index in [1.165, 1.54) is 30.4 Å². The van der Waals surface area contributed by atoms with E-state index in [-0.39, 0.29) is 5.60 Å². The predicted octanol–water partition coefficient (Wildman–Crippen LogP) is 4.05. The van der Waals surface area contributed by atoms with Gasteiger partial charge in [0.1, 0.15) is 0 Å². The Morgan fingerprint density at radius 3 is 2.69 bits per heavy atom. The summed E-state index contributed by atoms with van der Waals surface area (Å²) in [6.07, 6.45) is 5.07. The summed E-state index contributed by atoms with van der Waals surface area (Å²) >= 11 is 0. The highest BCUT2D eigenvalue weighted by Crippen LogP contribution is 2.46. The van der Waals surface area contributed by atoms with Crippen LogP contribution in [0.3, 0.4) is 0 Å². The van der Waals surface area contributed by atoms with Crippen molar-refractivity contribution in [2.24, 2.45) is 0 Å². The summed E-state index contributed by atoms with van der Waals surface area (Å²) < 4.78 is 6.20. The van der Waals surface area contributed by atoms with Gasteiger partial charge in [0, 0.05) is 6.42 Å². The first kappa shape index (κ1) is 11.7. The molecule has 0 amide bonds. The average Bonchev–Trinajstić information content (AvgIpc) is 2.23. The van der Waals surface area contributed by atoms with Crippen LogP contribution in [0.25, 0.3) is 0 Å². The molecule has 0 saturated carbocycles. The second-order valence-electron chi connectivity index (χ2n) is 5.10. The molecule has 0 fully saturated rings. The summed E-state index contributed by atoms with van der Waals surface area (Å²) in [4.78, 5) is 0. The van der Waals surface area contributed by atoms with Crippen molar-refractivity contribution in [3.05, 3.63) is 35.4 Å². The zero-order valence-electron chi connectivity index (χ0n) is 10.6. The van der Waals surface area contributed by atoms with Crippen LogP contribution in [-0.2, 0) is 16.8 Å². The molecule has 0 saturated heterocycles. The van der Waals surface area contributed by atoms with Gasteiger partial charge in [0.25, 0.3) is 0 Å². The van der Waals surface area contributed by atoms with Gasteiger partial charge in [-0.15, -0.1) is 0 Å². The number of benzene rings is 1. The monoisotopic (exact) mass is 218 g/mol. The van der Waals surface area contributed by atoms with E-state index in [1.807, 2.05) is 0 Å². The fourth-order valence-electron chi connectivity index (χ4n) is 2.72. The average molecular weight is 218 g/mol. The van der Waals surface area contributed by atoms with Gasteiger partial charge in [-0.3, -0.25) is 0 Å². The van der Waals surface area contributed by atoms with E-state index < -0.39 is 0 Å². The van der Waals surface area contributed by atoms with Crippen LogP contribution >= 0.6 is 0 Å². The third-order valence-electron chi connectivity index (χ3n) is 3.38. The standard InChI is InChI=1S/C15H22O/c1-4-5-10-15(16-12(2)3)11-13-8-6-7-9-14(13)15/h6-9,12H,4-5,10-11H2,1-3H3. The van der Waals surface area contributed by atoms with Gasteiger partial charge in [-0.25, -0.2) is 0 Å². The first-order chi connectivity index (χ1) is 7.68. The van der Waals surface area contributed by atoms with E-state index in [2.05, 4.69) is 45.0 Å². The number of hydrogen-bond donors (Lipinski definition) is 0. The van der Waals surface area contributed by atoms with Crippen molar-refractivity contribution in [2.75, 3.05) is 0 Å². The molecule has 2 rings (SSSR count). The molecule has 0 radical (unpaired) electrons. The fraction of sp³-hybridized carbons (Fsp3) is 0.600. The number of hydrogen-bond acceptors (Lipinski definition) is 1. The van der Waals surface area contributed by atoms with Gasteiger partial charge < -0.3 is 4.74 Å². The highest BCUT2D eigenvalue weighted by molar-refractivity contribution is 5.43. The Bertz CT molecular complexity index is 356. The Morgan fingerprint density at radius 2 is 2.06 bits per heavy atom. The first-order valence-corrected chi connectivity index (χ1v) is 6.44. The molecule has 1 unspecified atom stereocenters. The van der Waals surface area contributed by atoms with E-state index in [9.17, 15) is 0 Å². The Balaban J connectivity index is 2.19. The molecule has 1 aliphatic carbocycles. The van der Waals surface area contributed by atoms with Gasteiger partial charge in [0.05, 0.1) is 11.7 Å². The summed E-state index contributed by atoms with van der Waals surface area (Å²) in [7, 11) is 0. The van der Waals surface area contributed by atoms with Crippen LogP contribution in [0.2, 0.25) is 0 Å². The minimum absolute atomic E-state index is 0.0285. The number of fused-ring (bicyclic) bond motifs is 1. The maximum absolute atomic E-state index is 6.20. The summed E-state index contributed by atoms with van der Waals surface area (Å²) in [6, 6.07) is 8.71. The van der Waals surface area contributed by atoms with Crippen LogP contribution in [0.5, 0.6) is 0 Å². The fourth-order valence-corrected chi connectivity index (χ4v) is 2.72. The highest BCUT2D eigenvalue weighted by atomic mass is 16.5. The molecule has 0 bridgehead atoms. The minimum atomic E-state index is 0.0285. The zero-order valence-corrected chi connectivity index (χ0v) is 10.6. The van der Waals surface area contributed by atoms with Crippen molar-refractivity contribution >= 4 is 0 Å². The molecule has 0 aromatic heterocycles. The maximum Gasteiger partial charge on any atom is 0.0977 e. The van der Waals surface area contributed by atoms with Crippen molar-refractivity contribution in [1.82, 2.24) is 0 Å². The van der Waals surface area contributed by atoms with Crippen molar-refractivity contribution in [3.63, 3.8) is 0 Å². The third-order valence-corrected chi connectivity index (χ3v) is 3.38. The Labute approximate surface area is 98.8 Å². The Kier molecular flexibility index (Phi) is 3.34. The van der Waals surface area contributed by atoms with Crippen molar-refractivity contribution in [1.29, 1.82) is 0 Å². The lowest BCUT2D eigenvalue weighted by molar-refractivity contribution is -0.108. The third kappa shape index (κ3) is 2.01. The molecule has 0 spiro atoms. The van der Waals surface area contributed by atoms with E-state index in [4.69, 9.17) is 4.74 Å². The van der Waals surface area contributed by atoms with Crippen molar-refractivity contribution in [2.45, 2.75) is 58.2 Å². The molecular formula is C15H22O. The lowest BCUT2D eigenvalue weighted by Gasteiger charge is -2.45. The molecule has 0 heterocycles. The molecule has 1 aliphatic rings. The second-order valence-corrected chi connectivity index (χ2v) is 5.10. The van der Waals surface area contributed by atoms with Crippen molar-refractivity contribution in [3.8, 4) is 0 Å². The van der Waals surface area contributed by atoms with E-state index in [0.717, 1.165) is 6.42 Å². The molecule has 1 nitrogen and oxygen atoms in total. The van der Waals surface area contributed by atoms with Gasteiger partial charge >= 0.3 is 0 Å². The van der Waals surface area contributed by atoms with E-state index in [0.29, 0.717) is 6.10 Å². The van der Waals surface area contributed by atoms with Crippen LogP contribution in [0.1, 0.15) is 51.2 Å². The quantitative estimate of drug-likeness (QED) is 0.724. The molecule has 0 N–H and O–H groups in total. The predicted molar refractivity (Wildman–Crippen MR) is 67.6 cm³/mol. The highest BCUT2D eigenvalue weighted by Gasteiger charge is 2.43. The Hall–Kier alpha value is -0.820. The normalized spacial score (nSPS) is 23.0. The topological polar surface area (TPSA) is 9.23 Å². The SMILES string of the molecule is CCCCC1(OC(C)C)Cc2ccccc21. The Morgan fingerprint density at radius 1 is 1.31 bits per heavy atom. The number of rotatable bonds is 5. The summed E-state index contributed by atoms with van der Waals surface area (Å²) in [5.74, 6) is 0.